The molecular weight excluding hydrogens is 289 g/mol. The molecule has 3 aliphatic carbocycles. The van der Waals surface area contributed by atoms with Crippen LogP contribution in [0, 0.1) is 29.0 Å². The fourth-order valence-corrected chi connectivity index (χ4v) is 5.96. The van der Waals surface area contributed by atoms with Gasteiger partial charge in [0, 0.05) is 16.3 Å². The van der Waals surface area contributed by atoms with Gasteiger partial charge in [-0.25, -0.2) is 4.39 Å². The molecule has 5 rings (SSSR count). The lowest BCUT2D eigenvalue weighted by molar-refractivity contribution is 0.0606. The zero-order chi connectivity index (χ0) is 15.6. The van der Waals surface area contributed by atoms with Gasteiger partial charge in [0.25, 0.3) is 0 Å². The SMILES string of the molecule is O=C(c1cc2ccc(F)cc2[nH]1)C12CCCC3CC(CC3C1)C2. The largest absolute Gasteiger partial charge is 0.352 e. The van der Waals surface area contributed by atoms with Crippen LogP contribution in [0.25, 0.3) is 10.9 Å². The molecule has 0 saturated heterocycles. The van der Waals surface area contributed by atoms with E-state index >= 15 is 0 Å². The summed E-state index contributed by atoms with van der Waals surface area (Å²) in [6, 6.07) is 6.62. The number of fused-ring (bicyclic) bond motifs is 3. The Kier molecular flexibility index (Phi) is 2.80. The second kappa shape index (κ2) is 4.68. The van der Waals surface area contributed by atoms with Crippen molar-refractivity contribution in [3.8, 4) is 0 Å². The Morgan fingerprint density at radius 2 is 2.04 bits per heavy atom. The molecule has 3 bridgehead atoms. The average molecular weight is 311 g/mol. The van der Waals surface area contributed by atoms with Gasteiger partial charge in [0.15, 0.2) is 5.78 Å². The van der Waals surface area contributed by atoms with Gasteiger partial charge in [-0.2, -0.15) is 0 Å². The van der Waals surface area contributed by atoms with Gasteiger partial charge in [-0.15, -0.1) is 0 Å². The minimum Gasteiger partial charge on any atom is -0.352 e. The van der Waals surface area contributed by atoms with Gasteiger partial charge >= 0.3 is 0 Å². The van der Waals surface area contributed by atoms with Crippen LogP contribution in [0.15, 0.2) is 24.3 Å². The number of rotatable bonds is 2. The topological polar surface area (TPSA) is 32.9 Å². The second-order valence-electron chi connectivity index (χ2n) is 8.18. The average Bonchev–Trinajstić information content (AvgIpc) is 3.02. The molecule has 3 saturated carbocycles. The van der Waals surface area contributed by atoms with Crippen molar-refractivity contribution < 1.29 is 9.18 Å². The number of carbonyl (C=O) groups excluding carboxylic acids is 1. The lowest BCUT2D eigenvalue weighted by Crippen LogP contribution is -2.37. The van der Waals surface area contributed by atoms with Crippen molar-refractivity contribution in [1.82, 2.24) is 4.98 Å². The number of carbonyl (C=O) groups is 1. The van der Waals surface area contributed by atoms with Gasteiger partial charge in [0.2, 0.25) is 0 Å². The van der Waals surface area contributed by atoms with E-state index in [2.05, 4.69) is 4.98 Å². The Hall–Kier alpha value is -1.64. The minimum atomic E-state index is -0.260. The fourth-order valence-electron chi connectivity index (χ4n) is 5.96. The number of hydrogen-bond acceptors (Lipinski definition) is 1. The molecule has 1 heterocycles. The number of nitrogens with one attached hydrogen (secondary N) is 1. The number of aromatic nitrogens is 1. The molecule has 3 fully saturated rings. The van der Waals surface area contributed by atoms with Crippen LogP contribution in [0.3, 0.4) is 0 Å². The van der Waals surface area contributed by atoms with Crippen molar-refractivity contribution in [2.45, 2.75) is 44.9 Å². The molecule has 0 radical (unpaired) electrons. The highest BCUT2D eigenvalue weighted by atomic mass is 19.1. The number of halogens is 1. The Labute approximate surface area is 135 Å². The lowest BCUT2D eigenvalue weighted by Gasteiger charge is -2.38. The fraction of sp³-hybridized carbons (Fsp3) is 0.550. The molecule has 0 aliphatic heterocycles. The molecule has 1 aromatic carbocycles. The quantitative estimate of drug-likeness (QED) is 0.769. The number of Topliss-reactive ketones (excluding diaryl/α,β-unsaturated/α-hetero) is 1. The first kappa shape index (κ1) is 13.8. The van der Waals surface area contributed by atoms with E-state index in [1.165, 1.54) is 37.8 Å². The van der Waals surface area contributed by atoms with Crippen molar-refractivity contribution in [3.63, 3.8) is 0 Å². The highest BCUT2D eigenvalue weighted by Crippen LogP contribution is 2.59. The smallest absolute Gasteiger partial charge is 0.185 e. The maximum atomic E-state index is 13.4. The zero-order valence-electron chi connectivity index (χ0n) is 13.3. The number of ketones is 1. The molecule has 2 nitrogen and oxygen atoms in total. The van der Waals surface area contributed by atoms with Gasteiger partial charge in [0.1, 0.15) is 5.82 Å². The predicted octanol–water partition coefficient (Wildman–Crippen LogP) is 5.10. The van der Waals surface area contributed by atoms with Gasteiger partial charge in [-0.1, -0.05) is 12.8 Å². The van der Waals surface area contributed by atoms with Crippen LogP contribution in [0.1, 0.15) is 55.4 Å². The highest BCUT2D eigenvalue weighted by molar-refractivity contribution is 6.03. The molecule has 0 spiro atoms. The molecule has 4 atom stereocenters. The van der Waals surface area contributed by atoms with Crippen LogP contribution < -0.4 is 0 Å². The summed E-state index contributed by atoms with van der Waals surface area (Å²) in [6.45, 7) is 0. The predicted molar refractivity (Wildman–Crippen MR) is 87.8 cm³/mol. The maximum absolute atomic E-state index is 13.4. The number of hydrogen-bond donors (Lipinski definition) is 1. The molecule has 0 amide bonds. The highest BCUT2D eigenvalue weighted by Gasteiger charge is 2.53. The molecule has 23 heavy (non-hydrogen) atoms. The summed E-state index contributed by atoms with van der Waals surface area (Å²) in [5.41, 5.74) is 1.26. The summed E-state index contributed by atoms with van der Waals surface area (Å²) in [5.74, 6) is 2.41. The Bertz CT molecular complexity index is 794. The van der Waals surface area contributed by atoms with E-state index in [4.69, 9.17) is 0 Å². The Balaban J connectivity index is 1.55. The summed E-state index contributed by atoms with van der Waals surface area (Å²) < 4.78 is 13.4. The van der Waals surface area contributed by atoms with Crippen molar-refractivity contribution in [1.29, 1.82) is 0 Å². The molecule has 2 aromatic rings. The van der Waals surface area contributed by atoms with E-state index in [-0.39, 0.29) is 17.0 Å². The van der Waals surface area contributed by atoms with Crippen molar-refractivity contribution >= 4 is 16.7 Å². The molecule has 1 N–H and O–H groups in total. The maximum Gasteiger partial charge on any atom is 0.185 e. The number of aromatic amines is 1. The third-order valence-electron chi connectivity index (χ3n) is 6.81. The third kappa shape index (κ3) is 2.02. The van der Waals surface area contributed by atoms with E-state index in [0.29, 0.717) is 5.69 Å². The van der Waals surface area contributed by atoms with Gasteiger partial charge in [0.05, 0.1) is 5.69 Å². The van der Waals surface area contributed by atoms with Crippen molar-refractivity contribution in [2.75, 3.05) is 0 Å². The minimum absolute atomic E-state index is 0.155. The van der Waals surface area contributed by atoms with Crippen LogP contribution in [0.4, 0.5) is 4.39 Å². The van der Waals surface area contributed by atoms with Gasteiger partial charge in [-0.3, -0.25) is 4.79 Å². The molecule has 3 aliphatic rings. The van der Waals surface area contributed by atoms with E-state index < -0.39 is 0 Å². The summed E-state index contributed by atoms with van der Waals surface area (Å²) in [7, 11) is 0. The van der Waals surface area contributed by atoms with Gasteiger partial charge < -0.3 is 4.98 Å². The van der Waals surface area contributed by atoms with Gasteiger partial charge in [-0.05, 0) is 74.1 Å². The van der Waals surface area contributed by atoms with E-state index in [1.807, 2.05) is 6.07 Å². The second-order valence-corrected chi connectivity index (χ2v) is 8.18. The number of H-pyrrole nitrogens is 1. The van der Waals surface area contributed by atoms with Crippen molar-refractivity contribution in [3.05, 3.63) is 35.8 Å². The monoisotopic (exact) mass is 311 g/mol. The molecule has 4 unspecified atom stereocenters. The van der Waals surface area contributed by atoms with Crippen LogP contribution in [0.5, 0.6) is 0 Å². The van der Waals surface area contributed by atoms with Crippen LogP contribution in [0.2, 0.25) is 0 Å². The lowest BCUT2D eigenvalue weighted by atomic mass is 9.64. The number of benzene rings is 1. The first-order chi connectivity index (χ1) is 11.1. The molecule has 120 valence electrons. The van der Waals surface area contributed by atoms with E-state index in [0.717, 1.165) is 47.9 Å². The summed E-state index contributed by atoms with van der Waals surface area (Å²) in [5, 5.41) is 0.927. The molecular formula is C20H22FNO. The standard InChI is InChI=1S/C20H22FNO/c21-16-4-3-14-8-18(22-17(14)9-16)19(23)20-5-1-2-13-6-12(10-20)7-15(13)11-20/h3-4,8-9,12-13,15,22H,1-2,5-7,10-11H2. The van der Waals surface area contributed by atoms with Crippen LogP contribution in [-0.4, -0.2) is 10.8 Å². The van der Waals surface area contributed by atoms with E-state index in [1.54, 1.807) is 6.07 Å². The first-order valence-electron chi connectivity index (χ1n) is 8.96. The van der Waals surface area contributed by atoms with Crippen molar-refractivity contribution in [2.24, 2.45) is 23.2 Å². The van der Waals surface area contributed by atoms with E-state index in [9.17, 15) is 9.18 Å². The Morgan fingerprint density at radius 1 is 1.17 bits per heavy atom. The summed E-state index contributed by atoms with van der Waals surface area (Å²) >= 11 is 0. The molecule has 3 heteroatoms. The Morgan fingerprint density at radius 3 is 2.96 bits per heavy atom. The van der Waals surface area contributed by atoms with Crippen LogP contribution in [-0.2, 0) is 0 Å². The third-order valence-corrected chi connectivity index (χ3v) is 6.81. The first-order valence-corrected chi connectivity index (χ1v) is 8.96. The van der Waals surface area contributed by atoms with Crippen LogP contribution >= 0.6 is 0 Å². The zero-order valence-corrected chi connectivity index (χ0v) is 13.3. The molecule has 1 aromatic heterocycles. The normalized spacial score (nSPS) is 35.6. The summed E-state index contributed by atoms with van der Waals surface area (Å²) in [4.78, 5) is 16.6. The summed E-state index contributed by atoms with van der Waals surface area (Å²) in [6.07, 6.45) is 8.39.